The largest absolute Gasteiger partial charge is 0.493 e. The number of carbonyl (C=O) groups is 2. The number of fused-ring (bicyclic) bond motifs is 1. The summed E-state index contributed by atoms with van der Waals surface area (Å²) in [6.07, 6.45) is 1.96. The SMILES string of the molecule is COc1cc2ncn(CCCC(=O)NNC(=O)c3ccccc3)c(=O)c2cc1OC. The van der Waals surface area contributed by atoms with E-state index in [9.17, 15) is 14.4 Å². The second kappa shape index (κ2) is 9.55. The molecule has 2 amide bonds. The first kappa shape index (κ1) is 20.8. The summed E-state index contributed by atoms with van der Waals surface area (Å²) in [6, 6.07) is 11.8. The molecule has 1 aromatic heterocycles. The van der Waals surface area contributed by atoms with Crippen LogP contribution in [-0.4, -0.2) is 35.6 Å². The Balaban J connectivity index is 1.58. The highest BCUT2D eigenvalue weighted by Gasteiger charge is 2.12. The van der Waals surface area contributed by atoms with Gasteiger partial charge in [0.25, 0.3) is 11.5 Å². The van der Waals surface area contributed by atoms with Gasteiger partial charge in [0.1, 0.15) is 0 Å². The third kappa shape index (κ3) is 4.75. The maximum absolute atomic E-state index is 12.7. The predicted octanol–water partition coefficient (Wildman–Crippen LogP) is 1.66. The molecule has 30 heavy (non-hydrogen) atoms. The van der Waals surface area contributed by atoms with Crippen molar-refractivity contribution in [3.63, 3.8) is 0 Å². The van der Waals surface area contributed by atoms with Gasteiger partial charge in [0.2, 0.25) is 5.91 Å². The van der Waals surface area contributed by atoms with Crippen LogP contribution in [0.1, 0.15) is 23.2 Å². The normalized spacial score (nSPS) is 10.5. The number of methoxy groups -OCH3 is 2. The molecular weight excluding hydrogens is 388 g/mol. The van der Waals surface area contributed by atoms with E-state index in [2.05, 4.69) is 15.8 Å². The van der Waals surface area contributed by atoms with Crippen molar-refractivity contribution in [1.82, 2.24) is 20.4 Å². The Morgan fingerprint density at radius 1 is 1.03 bits per heavy atom. The van der Waals surface area contributed by atoms with Gasteiger partial charge in [-0.2, -0.15) is 0 Å². The molecule has 0 spiro atoms. The molecule has 0 saturated heterocycles. The minimum Gasteiger partial charge on any atom is -0.493 e. The van der Waals surface area contributed by atoms with Crippen LogP contribution in [0.2, 0.25) is 0 Å². The van der Waals surface area contributed by atoms with Gasteiger partial charge in [-0.1, -0.05) is 18.2 Å². The lowest BCUT2D eigenvalue weighted by Gasteiger charge is -2.11. The summed E-state index contributed by atoms with van der Waals surface area (Å²) in [5.74, 6) is 0.176. The van der Waals surface area contributed by atoms with Crippen molar-refractivity contribution in [3.8, 4) is 11.5 Å². The van der Waals surface area contributed by atoms with Crippen LogP contribution in [0.4, 0.5) is 0 Å². The maximum Gasteiger partial charge on any atom is 0.269 e. The number of aromatic nitrogens is 2. The number of carbonyl (C=O) groups excluding carboxylic acids is 2. The van der Waals surface area contributed by atoms with Crippen molar-refractivity contribution in [2.75, 3.05) is 14.2 Å². The van der Waals surface area contributed by atoms with Crippen molar-refractivity contribution < 1.29 is 19.1 Å². The zero-order valence-electron chi connectivity index (χ0n) is 16.7. The number of amides is 2. The highest BCUT2D eigenvalue weighted by Crippen LogP contribution is 2.29. The lowest BCUT2D eigenvalue weighted by molar-refractivity contribution is -0.122. The van der Waals surface area contributed by atoms with E-state index in [1.165, 1.54) is 25.1 Å². The summed E-state index contributed by atoms with van der Waals surface area (Å²) in [5, 5.41) is 0.398. The Labute approximate surface area is 172 Å². The first-order chi connectivity index (χ1) is 14.5. The van der Waals surface area contributed by atoms with E-state index in [0.29, 0.717) is 40.9 Å². The fraction of sp³-hybridized carbons (Fsp3) is 0.238. The standard InChI is InChI=1S/C21H22N4O5/c1-29-17-11-15-16(12-18(17)30-2)22-13-25(21(15)28)10-6-9-19(26)23-24-20(27)14-7-4-3-5-8-14/h3-5,7-8,11-13H,6,9-10H2,1-2H3,(H,23,26)(H,24,27). The third-order valence-electron chi connectivity index (χ3n) is 4.48. The summed E-state index contributed by atoms with van der Waals surface area (Å²) < 4.78 is 11.9. The molecule has 0 bridgehead atoms. The second-order valence-electron chi connectivity index (χ2n) is 6.44. The number of hydrogen-bond acceptors (Lipinski definition) is 6. The average molecular weight is 410 g/mol. The molecule has 156 valence electrons. The number of benzene rings is 2. The van der Waals surface area contributed by atoms with Gasteiger partial charge in [0, 0.05) is 24.6 Å². The van der Waals surface area contributed by atoms with Crippen LogP contribution >= 0.6 is 0 Å². The minimum atomic E-state index is -0.400. The van der Waals surface area contributed by atoms with E-state index >= 15 is 0 Å². The Morgan fingerprint density at radius 3 is 2.43 bits per heavy atom. The summed E-state index contributed by atoms with van der Waals surface area (Å²) in [4.78, 5) is 40.9. The lowest BCUT2D eigenvalue weighted by atomic mass is 10.2. The van der Waals surface area contributed by atoms with Gasteiger partial charge < -0.3 is 9.47 Å². The van der Waals surface area contributed by atoms with E-state index in [0.717, 1.165) is 0 Å². The third-order valence-corrected chi connectivity index (χ3v) is 4.48. The number of hydrogen-bond donors (Lipinski definition) is 2. The number of aryl methyl sites for hydroxylation is 1. The average Bonchev–Trinajstić information content (AvgIpc) is 2.78. The van der Waals surface area contributed by atoms with E-state index in [1.54, 1.807) is 42.5 Å². The van der Waals surface area contributed by atoms with Crippen molar-refractivity contribution in [1.29, 1.82) is 0 Å². The van der Waals surface area contributed by atoms with Crippen LogP contribution in [0.15, 0.2) is 53.6 Å². The monoisotopic (exact) mass is 410 g/mol. The zero-order valence-corrected chi connectivity index (χ0v) is 16.7. The van der Waals surface area contributed by atoms with Crippen molar-refractivity contribution >= 4 is 22.7 Å². The van der Waals surface area contributed by atoms with Crippen molar-refractivity contribution in [3.05, 3.63) is 64.7 Å². The lowest BCUT2D eigenvalue weighted by Crippen LogP contribution is -2.41. The van der Waals surface area contributed by atoms with Crippen LogP contribution in [0, 0.1) is 0 Å². The molecular formula is C21H22N4O5. The number of rotatable bonds is 7. The Morgan fingerprint density at radius 2 is 1.73 bits per heavy atom. The van der Waals surface area contributed by atoms with E-state index in [1.807, 2.05) is 0 Å². The molecule has 0 aliphatic rings. The number of hydrazine groups is 1. The molecule has 2 N–H and O–H groups in total. The van der Waals surface area contributed by atoms with E-state index < -0.39 is 5.91 Å². The topological polar surface area (TPSA) is 112 Å². The van der Waals surface area contributed by atoms with Gasteiger partial charge in [0.15, 0.2) is 11.5 Å². The number of nitrogens with one attached hydrogen (secondary N) is 2. The first-order valence-corrected chi connectivity index (χ1v) is 9.29. The van der Waals surface area contributed by atoms with Crippen molar-refractivity contribution in [2.24, 2.45) is 0 Å². The molecule has 3 rings (SSSR count). The smallest absolute Gasteiger partial charge is 0.269 e. The molecule has 0 radical (unpaired) electrons. The Hall–Kier alpha value is -3.88. The van der Waals surface area contributed by atoms with Crippen LogP contribution in [0.5, 0.6) is 11.5 Å². The molecule has 1 heterocycles. The first-order valence-electron chi connectivity index (χ1n) is 9.29. The quantitative estimate of drug-likeness (QED) is 0.573. The van der Waals surface area contributed by atoms with Gasteiger partial charge in [-0.05, 0) is 24.6 Å². The van der Waals surface area contributed by atoms with Crippen LogP contribution < -0.4 is 25.9 Å². The summed E-state index contributed by atoms with van der Waals surface area (Å²) in [7, 11) is 3.01. The highest BCUT2D eigenvalue weighted by atomic mass is 16.5. The van der Waals surface area contributed by atoms with E-state index in [-0.39, 0.29) is 17.9 Å². The molecule has 0 unspecified atom stereocenters. The molecule has 0 aliphatic heterocycles. The van der Waals surface area contributed by atoms with Gasteiger partial charge in [-0.3, -0.25) is 29.8 Å². The molecule has 0 saturated carbocycles. The fourth-order valence-electron chi connectivity index (χ4n) is 2.91. The van der Waals surface area contributed by atoms with Crippen LogP contribution in [0.25, 0.3) is 10.9 Å². The molecule has 9 heteroatoms. The zero-order chi connectivity index (χ0) is 21.5. The molecule has 3 aromatic rings. The maximum atomic E-state index is 12.7. The molecule has 2 aromatic carbocycles. The van der Waals surface area contributed by atoms with Gasteiger partial charge in [0.05, 0.1) is 31.4 Å². The van der Waals surface area contributed by atoms with Gasteiger partial charge in [-0.15, -0.1) is 0 Å². The second-order valence-corrected chi connectivity index (χ2v) is 6.44. The van der Waals surface area contributed by atoms with Crippen LogP contribution in [0.3, 0.4) is 0 Å². The fourth-order valence-corrected chi connectivity index (χ4v) is 2.91. The minimum absolute atomic E-state index is 0.130. The molecule has 0 fully saturated rings. The predicted molar refractivity (Wildman–Crippen MR) is 110 cm³/mol. The van der Waals surface area contributed by atoms with Gasteiger partial charge in [-0.25, -0.2) is 4.98 Å². The Kier molecular flexibility index (Phi) is 6.63. The Bertz CT molecular complexity index is 1110. The molecule has 0 atom stereocenters. The number of nitrogens with zero attached hydrogens (tertiary/aromatic N) is 2. The summed E-state index contributed by atoms with van der Waals surface area (Å²) >= 11 is 0. The summed E-state index contributed by atoms with van der Waals surface area (Å²) in [5.41, 5.74) is 5.43. The molecule has 9 nitrogen and oxygen atoms in total. The van der Waals surface area contributed by atoms with Crippen molar-refractivity contribution in [2.45, 2.75) is 19.4 Å². The number of ether oxygens (including phenoxy) is 2. The molecule has 0 aliphatic carbocycles. The van der Waals surface area contributed by atoms with Gasteiger partial charge >= 0.3 is 0 Å². The van der Waals surface area contributed by atoms with E-state index in [4.69, 9.17) is 9.47 Å². The van der Waals surface area contributed by atoms with Crippen LogP contribution in [-0.2, 0) is 11.3 Å². The highest BCUT2D eigenvalue weighted by molar-refractivity contribution is 5.95. The summed E-state index contributed by atoms with van der Waals surface area (Å²) in [6.45, 7) is 0.302.